The fourth-order valence-electron chi connectivity index (χ4n) is 2.94. The Hall–Kier alpha value is -2.02. The monoisotopic (exact) mass is 384 g/mol. The predicted molar refractivity (Wildman–Crippen MR) is 99.2 cm³/mol. The van der Waals surface area contributed by atoms with Gasteiger partial charge in [-0.1, -0.05) is 18.2 Å². The van der Waals surface area contributed by atoms with E-state index in [1.807, 2.05) is 20.8 Å². The molecule has 1 aliphatic heterocycles. The summed E-state index contributed by atoms with van der Waals surface area (Å²) in [5, 5.41) is 0. The Bertz CT molecular complexity index is 700. The number of ether oxygens (including phenoxy) is 1. The van der Waals surface area contributed by atoms with Crippen LogP contribution in [0.5, 0.6) is 0 Å². The molecule has 1 fully saturated rings. The zero-order valence-electron chi connectivity index (χ0n) is 16.3. The van der Waals surface area contributed by atoms with Gasteiger partial charge in [-0.3, -0.25) is 4.90 Å². The minimum absolute atomic E-state index is 0.334. The smallest absolute Gasteiger partial charge is 0.416 e. The highest BCUT2D eigenvalue weighted by Gasteiger charge is 2.31. The van der Waals surface area contributed by atoms with E-state index in [2.05, 4.69) is 11.5 Å². The Morgan fingerprint density at radius 2 is 1.74 bits per heavy atom. The lowest BCUT2D eigenvalue weighted by molar-refractivity contribution is -0.137. The minimum Gasteiger partial charge on any atom is -0.444 e. The van der Waals surface area contributed by atoms with Crippen molar-refractivity contribution in [1.82, 2.24) is 9.80 Å². The summed E-state index contributed by atoms with van der Waals surface area (Å²) in [5.41, 5.74) is 0.730. The van der Waals surface area contributed by atoms with Crippen LogP contribution in [0.4, 0.5) is 18.0 Å². The molecule has 0 unspecified atom stereocenters. The van der Waals surface area contributed by atoms with Crippen molar-refractivity contribution in [1.29, 1.82) is 0 Å². The van der Waals surface area contributed by atoms with Crippen molar-refractivity contribution in [2.45, 2.75) is 46.0 Å². The average molecular weight is 384 g/mol. The first kappa shape index (κ1) is 21.3. The number of allylic oxidation sites excluding steroid dienone is 1. The number of nitrogens with zero attached hydrogens (tertiary/aromatic N) is 2. The number of benzene rings is 1. The van der Waals surface area contributed by atoms with E-state index in [1.54, 1.807) is 11.8 Å². The summed E-state index contributed by atoms with van der Waals surface area (Å²) in [6.45, 7) is 13.8. The van der Waals surface area contributed by atoms with E-state index in [0.717, 1.165) is 17.7 Å². The second-order valence-electron chi connectivity index (χ2n) is 7.89. The number of piperazine rings is 1. The summed E-state index contributed by atoms with van der Waals surface area (Å²) >= 11 is 0. The minimum atomic E-state index is -4.37. The molecule has 1 aliphatic rings. The van der Waals surface area contributed by atoms with E-state index in [-0.39, 0.29) is 6.09 Å². The Morgan fingerprint density at radius 1 is 1.15 bits per heavy atom. The Morgan fingerprint density at radius 3 is 2.22 bits per heavy atom. The maximum absolute atomic E-state index is 13.0. The van der Waals surface area contributed by atoms with Crippen LogP contribution in [-0.2, 0) is 17.5 Å². The number of alkyl halides is 3. The van der Waals surface area contributed by atoms with Crippen LogP contribution in [0, 0.1) is 0 Å². The molecule has 0 radical (unpaired) electrons. The lowest BCUT2D eigenvalue weighted by atomic mass is 9.98. The molecular weight excluding hydrogens is 357 g/mol. The molecule has 0 bridgehead atoms. The average Bonchev–Trinajstić information content (AvgIpc) is 2.53. The van der Waals surface area contributed by atoms with Gasteiger partial charge in [0.05, 0.1) is 5.56 Å². The molecule has 0 N–H and O–H groups in total. The maximum Gasteiger partial charge on any atom is 0.416 e. The molecule has 1 heterocycles. The van der Waals surface area contributed by atoms with Gasteiger partial charge in [0, 0.05) is 32.7 Å². The Balaban J connectivity index is 2.03. The van der Waals surface area contributed by atoms with Gasteiger partial charge in [0.2, 0.25) is 0 Å². The van der Waals surface area contributed by atoms with Crippen molar-refractivity contribution in [3.63, 3.8) is 0 Å². The van der Waals surface area contributed by atoms with Crippen LogP contribution in [-0.4, -0.2) is 47.7 Å². The van der Waals surface area contributed by atoms with Crippen LogP contribution in [0.3, 0.4) is 0 Å². The van der Waals surface area contributed by atoms with Crippen LogP contribution < -0.4 is 0 Å². The van der Waals surface area contributed by atoms with Gasteiger partial charge in [0.25, 0.3) is 0 Å². The number of amides is 1. The zero-order chi connectivity index (χ0) is 20.4. The first-order valence-corrected chi connectivity index (χ1v) is 8.93. The molecular formula is C20H27F3N2O2. The Labute approximate surface area is 158 Å². The van der Waals surface area contributed by atoms with Crippen LogP contribution >= 0.6 is 0 Å². The molecule has 7 heteroatoms. The fraction of sp³-hybridized carbons (Fsp3) is 0.550. The van der Waals surface area contributed by atoms with Crippen molar-refractivity contribution in [3.05, 3.63) is 41.5 Å². The summed E-state index contributed by atoms with van der Waals surface area (Å²) in [7, 11) is 0. The molecule has 1 aromatic carbocycles. The summed E-state index contributed by atoms with van der Waals surface area (Å²) < 4.78 is 44.3. The molecule has 0 aromatic heterocycles. The number of hydrogen-bond donors (Lipinski definition) is 0. The van der Waals surface area contributed by atoms with Gasteiger partial charge in [-0.15, -0.1) is 0 Å². The third-order valence-electron chi connectivity index (χ3n) is 4.31. The summed E-state index contributed by atoms with van der Waals surface area (Å²) in [6.07, 6.45) is -4.71. The molecule has 150 valence electrons. The van der Waals surface area contributed by atoms with Crippen LogP contribution in [0.2, 0.25) is 0 Å². The lowest BCUT2D eigenvalue weighted by Gasteiger charge is -2.36. The lowest BCUT2D eigenvalue weighted by Crippen LogP contribution is -2.49. The molecule has 0 atom stereocenters. The largest absolute Gasteiger partial charge is 0.444 e. The molecule has 4 nitrogen and oxygen atoms in total. The predicted octanol–water partition coefficient (Wildman–Crippen LogP) is 4.79. The highest BCUT2D eigenvalue weighted by Crippen LogP contribution is 2.32. The van der Waals surface area contributed by atoms with Crippen LogP contribution in [0.25, 0.3) is 5.57 Å². The first-order valence-electron chi connectivity index (χ1n) is 8.93. The number of rotatable bonds is 3. The van der Waals surface area contributed by atoms with Gasteiger partial charge in [0.1, 0.15) is 5.60 Å². The summed E-state index contributed by atoms with van der Waals surface area (Å²) in [4.78, 5) is 15.9. The van der Waals surface area contributed by atoms with Crippen LogP contribution in [0.15, 0.2) is 24.8 Å². The van der Waals surface area contributed by atoms with Gasteiger partial charge in [-0.25, -0.2) is 4.79 Å². The van der Waals surface area contributed by atoms with Crippen molar-refractivity contribution in [2.75, 3.05) is 26.2 Å². The maximum atomic E-state index is 13.0. The molecule has 2 rings (SSSR count). The van der Waals surface area contributed by atoms with Crippen LogP contribution in [0.1, 0.15) is 44.4 Å². The highest BCUT2D eigenvalue weighted by atomic mass is 19.4. The molecule has 1 saturated heterocycles. The van der Waals surface area contributed by atoms with E-state index in [0.29, 0.717) is 43.9 Å². The molecule has 0 saturated carbocycles. The zero-order valence-corrected chi connectivity index (χ0v) is 16.3. The van der Waals surface area contributed by atoms with Crippen molar-refractivity contribution < 1.29 is 22.7 Å². The quantitative estimate of drug-likeness (QED) is 0.751. The second-order valence-corrected chi connectivity index (χ2v) is 7.89. The summed E-state index contributed by atoms with van der Waals surface area (Å²) in [5.74, 6) is 0. The molecule has 27 heavy (non-hydrogen) atoms. The number of carbonyl (C=O) groups excluding carboxylic acids is 1. The Kier molecular flexibility index (Phi) is 6.24. The second kappa shape index (κ2) is 7.92. The van der Waals surface area contributed by atoms with E-state index in [9.17, 15) is 18.0 Å². The van der Waals surface area contributed by atoms with Gasteiger partial charge in [-0.2, -0.15) is 13.2 Å². The van der Waals surface area contributed by atoms with E-state index in [4.69, 9.17) is 4.74 Å². The number of carbonyl (C=O) groups is 1. The van der Waals surface area contributed by atoms with Gasteiger partial charge in [0.15, 0.2) is 0 Å². The first-order chi connectivity index (χ1) is 12.4. The molecule has 0 aliphatic carbocycles. The normalized spacial score (nSPS) is 16.3. The van der Waals surface area contributed by atoms with Gasteiger partial charge >= 0.3 is 12.3 Å². The molecule has 1 aromatic rings. The van der Waals surface area contributed by atoms with Crippen molar-refractivity contribution in [2.24, 2.45) is 0 Å². The van der Waals surface area contributed by atoms with E-state index in [1.165, 1.54) is 6.07 Å². The number of halogens is 3. The topological polar surface area (TPSA) is 32.8 Å². The van der Waals surface area contributed by atoms with Crippen molar-refractivity contribution in [3.8, 4) is 0 Å². The van der Waals surface area contributed by atoms with E-state index < -0.39 is 17.3 Å². The fourth-order valence-corrected chi connectivity index (χ4v) is 2.94. The number of hydrogen-bond acceptors (Lipinski definition) is 3. The SMILES string of the molecule is C=C(C)c1cc(C(F)(F)F)ccc1CN1CCN(C(=O)OC(C)(C)C)CC1. The molecule has 1 amide bonds. The third kappa shape index (κ3) is 5.99. The standard InChI is InChI=1S/C20H27F3N2O2/c1-14(2)17-12-16(20(21,22)23)7-6-15(17)13-24-8-10-25(11-9-24)18(26)27-19(3,4)5/h6-7,12H,1,8-11,13H2,2-5H3. The van der Waals surface area contributed by atoms with Gasteiger partial charge in [-0.05, 0) is 51.0 Å². The van der Waals surface area contributed by atoms with Gasteiger partial charge < -0.3 is 9.64 Å². The highest BCUT2D eigenvalue weighted by molar-refractivity contribution is 5.68. The summed E-state index contributed by atoms with van der Waals surface area (Å²) in [6, 6.07) is 3.79. The van der Waals surface area contributed by atoms with E-state index >= 15 is 0 Å². The van der Waals surface area contributed by atoms with Crippen molar-refractivity contribution >= 4 is 11.7 Å². The third-order valence-corrected chi connectivity index (χ3v) is 4.31. The molecule has 0 spiro atoms.